The van der Waals surface area contributed by atoms with E-state index in [9.17, 15) is 0 Å². The summed E-state index contributed by atoms with van der Waals surface area (Å²) in [5.41, 5.74) is 13.5. The number of benzene rings is 5. The van der Waals surface area contributed by atoms with Crippen molar-refractivity contribution in [3.05, 3.63) is 187 Å². The fourth-order valence-electron chi connectivity index (χ4n) is 9.74. The zero-order valence-corrected chi connectivity index (χ0v) is 28.1. The van der Waals surface area contributed by atoms with Crippen LogP contribution in [0, 0.1) is 35.5 Å². The second-order valence-electron chi connectivity index (χ2n) is 15.2. The van der Waals surface area contributed by atoms with E-state index >= 15 is 0 Å². The molecule has 5 aromatic rings. The highest BCUT2D eigenvalue weighted by molar-refractivity contribution is 5.92. The molecule has 236 valence electrons. The molecule has 0 saturated carbocycles. The summed E-state index contributed by atoms with van der Waals surface area (Å²) in [6.45, 7) is 4.71. The lowest BCUT2D eigenvalue weighted by molar-refractivity contribution is 0.236. The molecule has 0 radical (unpaired) electrons. The van der Waals surface area contributed by atoms with E-state index in [1.54, 1.807) is 0 Å². The molecule has 0 spiro atoms. The lowest BCUT2D eigenvalue weighted by Gasteiger charge is -2.46. The molecule has 49 heavy (non-hydrogen) atoms. The summed E-state index contributed by atoms with van der Waals surface area (Å²) in [4.78, 5) is 0. The minimum absolute atomic E-state index is 0.00261. The normalized spacial score (nSPS) is 26.4. The van der Waals surface area contributed by atoms with E-state index < -0.39 is 0 Å². The Morgan fingerprint density at radius 3 is 1.92 bits per heavy atom. The van der Waals surface area contributed by atoms with Gasteiger partial charge in [-0.1, -0.05) is 160 Å². The fraction of sp³-hybridized carbons (Fsp3) is 0.184. The zero-order valence-electron chi connectivity index (χ0n) is 28.1. The Labute approximate surface area is 290 Å². The van der Waals surface area contributed by atoms with Gasteiger partial charge in [0.05, 0.1) is 0 Å². The van der Waals surface area contributed by atoms with E-state index in [-0.39, 0.29) is 5.41 Å². The number of allylic oxidation sites excluding steroid dienone is 12. The molecular formula is C49H40. The summed E-state index contributed by atoms with van der Waals surface area (Å²) in [7, 11) is 0. The van der Waals surface area contributed by atoms with E-state index in [1.807, 2.05) is 0 Å². The molecule has 10 rings (SSSR count). The predicted molar refractivity (Wildman–Crippen MR) is 207 cm³/mol. The van der Waals surface area contributed by atoms with Gasteiger partial charge in [-0.3, -0.25) is 0 Å². The molecule has 0 nitrogen and oxygen atoms in total. The first-order valence-electron chi connectivity index (χ1n) is 18.0. The zero-order chi connectivity index (χ0) is 32.7. The smallest absolute Gasteiger partial charge is 0.0159 e. The molecular weight excluding hydrogens is 589 g/mol. The summed E-state index contributed by atoms with van der Waals surface area (Å²) in [6, 6.07) is 39.2. The van der Waals surface area contributed by atoms with Crippen LogP contribution < -0.4 is 0 Å². The van der Waals surface area contributed by atoms with Gasteiger partial charge in [0, 0.05) is 17.3 Å². The SMILES string of the molecule is CC1(C)c2ccccc2-c2ccc(-c3ccc4cc(-c5cccc(C6=CC7C8C=CC=CC8C=CC7C7C=CC=CC67)c5)ccc4c3)cc21. The third-order valence-corrected chi connectivity index (χ3v) is 12.3. The largest absolute Gasteiger partial charge is 0.0836 e. The van der Waals surface area contributed by atoms with Crippen LogP contribution in [0.3, 0.4) is 0 Å². The van der Waals surface area contributed by atoms with Gasteiger partial charge < -0.3 is 0 Å². The van der Waals surface area contributed by atoms with E-state index in [2.05, 4.69) is 184 Å². The maximum absolute atomic E-state index is 2.64. The molecule has 0 aromatic heterocycles. The lowest BCUT2D eigenvalue weighted by Crippen LogP contribution is -2.39. The molecule has 6 atom stereocenters. The Hall–Kier alpha value is -5.20. The van der Waals surface area contributed by atoms with E-state index in [4.69, 9.17) is 0 Å². The first-order valence-corrected chi connectivity index (χ1v) is 18.0. The summed E-state index contributed by atoms with van der Waals surface area (Å²) in [5.74, 6) is 2.98. The van der Waals surface area contributed by atoms with Crippen LogP contribution in [0.4, 0.5) is 0 Å². The molecule has 0 N–H and O–H groups in total. The van der Waals surface area contributed by atoms with Crippen molar-refractivity contribution in [1.82, 2.24) is 0 Å². The summed E-state index contributed by atoms with van der Waals surface area (Å²) in [5, 5.41) is 2.55. The van der Waals surface area contributed by atoms with Crippen LogP contribution in [0.5, 0.6) is 0 Å². The van der Waals surface area contributed by atoms with Crippen molar-refractivity contribution >= 4 is 16.3 Å². The Morgan fingerprint density at radius 2 is 1.08 bits per heavy atom. The molecule has 0 amide bonds. The van der Waals surface area contributed by atoms with Crippen LogP contribution in [0.15, 0.2) is 170 Å². The van der Waals surface area contributed by atoms with Gasteiger partial charge >= 0.3 is 0 Å². The van der Waals surface area contributed by atoms with Crippen molar-refractivity contribution in [2.45, 2.75) is 19.3 Å². The first kappa shape index (κ1) is 28.8. The Kier molecular flexibility index (Phi) is 6.41. The highest BCUT2D eigenvalue weighted by atomic mass is 14.5. The summed E-state index contributed by atoms with van der Waals surface area (Å²) in [6.07, 6.45) is 26.3. The van der Waals surface area contributed by atoms with Crippen LogP contribution in [0.25, 0.3) is 49.7 Å². The molecule has 5 aliphatic rings. The molecule has 6 unspecified atom stereocenters. The van der Waals surface area contributed by atoms with Crippen molar-refractivity contribution in [2.75, 3.05) is 0 Å². The van der Waals surface area contributed by atoms with Gasteiger partial charge in [-0.2, -0.15) is 0 Å². The third kappa shape index (κ3) is 4.50. The van der Waals surface area contributed by atoms with Crippen LogP contribution in [0.1, 0.15) is 30.5 Å². The Balaban J connectivity index is 0.983. The average Bonchev–Trinajstić information content (AvgIpc) is 3.39. The minimum atomic E-state index is 0.00261. The second-order valence-corrected chi connectivity index (χ2v) is 15.2. The lowest BCUT2D eigenvalue weighted by atomic mass is 9.57. The number of hydrogen-bond acceptors (Lipinski definition) is 0. The maximum atomic E-state index is 2.64. The Morgan fingerprint density at radius 1 is 0.429 bits per heavy atom. The van der Waals surface area contributed by atoms with Crippen molar-refractivity contribution in [3.8, 4) is 33.4 Å². The molecule has 0 heterocycles. The topological polar surface area (TPSA) is 0 Å². The van der Waals surface area contributed by atoms with Gasteiger partial charge in [-0.15, -0.1) is 0 Å². The first-order chi connectivity index (χ1) is 24.0. The van der Waals surface area contributed by atoms with Crippen LogP contribution in [-0.2, 0) is 5.41 Å². The second kappa shape index (κ2) is 10.9. The summed E-state index contributed by atoms with van der Waals surface area (Å²) < 4.78 is 0. The summed E-state index contributed by atoms with van der Waals surface area (Å²) >= 11 is 0. The van der Waals surface area contributed by atoms with Crippen molar-refractivity contribution in [1.29, 1.82) is 0 Å². The highest BCUT2D eigenvalue weighted by Crippen LogP contribution is 2.53. The van der Waals surface area contributed by atoms with Crippen LogP contribution >= 0.6 is 0 Å². The third-order valence-electron chi connectivity index (χ3n) is 12.3. The van der Waals surface area contributed by atoms with Crippen LogP contribution in [0.2, 0.25) is 0 Å². The van der Waals surface area contributed by atoms with Gasteiger partial charge in [0.25, 0.3) is 0 Å². The van der Waals surface area contributed by atoms with Crippen molar-refractivity contribution in [3.63, 3.8) is 0 Å². The quantitative estimate of drug-likeness (QED) is 0.174. The number of hydrogen-bond donors (Lipinski definition) is 0. The highest BCUT2D eigenvalue weighted by Gasteiger charge is 2.43. The fourth-order valence-corrected chi connectivity index (χ4v) is 9.74. The Bertz CT molecular complexity index is 2350. The average molecular weight is 629 g/mol. The van der Waals surface area contributed by atoms with Gasteiger partial charge in [0.1, 0.15) is 0 Å². The van der Waals surface area contributed by atoms with E-state index in [1.165, 1.54) is 66.4 Å². The molecule has 5 aliphatic carbocycles. The number of rotatable bonds is 3. The van der Waals surface area contributed by atoms with Gasteiger partial charge in [0.2, 0.25) is 0 Å². The molecule has 0 bridgehead atoms. The predicted octanol–water partition coefficient (Wildman–Crippen LogP) is 12.4. The molecule has 0 saturated heterocycles. The van der Waals surface area contributed by atoms with Crippen molar-refractivity contribution < 1.29 is 0 Å². The molecule has 0 fully saturated rings. The van der Waals surface area contributed by atoms with Crippen LogP contribution in [-0.4, -0.2) is 0 Å². The minimum Gasteiger partial charge on any atom is -0.0836 e. The van der Waals surface area contributed by atoms with Gasteiger partial charge in [0.15, 0.2) is 0 Å². The molecule has 0 aliphatic heterocycles. The van der Waals surface area contributed by atoms with E-state index in [0.717, 1.165) is 0 Å². The maximum Gasteiger partial charge on any atom is 0.0159 e. The molecule has 5 aromatic carbocycles. The number of fused-ring (bicyclic) bond motifs is 9. The molecule has 0 heteroatoms. The van der Waals surface area contributed by atoms with Gasteiger partial charge in [-0.25, -0.2) is 0 Å². The standard InChI is InChI=1S/C49H40/c1-49(2)47-17-8-7-16-43(47)44-25-23-37(29-48(44)49)36-21-20-34-26-33(18-19-35(34)27-36)32-11-9-12-38(28-32)45-30-46-39-13-4-3-10-31(39)22-24-42(46)40-14-5-6-15-41(40)45/h3-31,39-42,46H,1-2H3. The van der Waals surface area contributed by atoms with Gasteiger partial charge in [-0.05, 0) is 114 Å². The van der Waals surface area contributed by atoms with Crippen molar-refractivity contribution in [2.24, 2.45) is 35.5 Å². The monoisotopic (exact) mass is 628 g/mol. The van der Waals surface area contributed by atoms with E-state index in [0.29, 0.717) is 35.5 Å².